The number of aliphatic hydroxyl groups is 1. The van der Waals surface area contributed by atoms with E-state index in [1.165, 1.54) is 4.68 Å². The fourth-order valence-electron chi connectivity index (χ4n) is 1.91. The van der Waals surface area contributed by atoms with Gasteiger partial charge in [0.15, 0.2) is 5.69 Å². The van der Waals surface area contributed by atoms with Crippen LogP contribution in [0.15, 0.2) is 30.3 Å². The normalized spacial score (nSPS) is 13.7. The molecule has 0 aliphatic carbocycles. The van der Waals surface area contributed by atoms with Crippen LogP contribution >= 0.6 is 0 Å². The average Bonchev–Trinajstić information content (AvgIpc) is 2.86. The smallest absolute Gasteiger partial charge is 0.361 e. The highest BCUT2D eigenvalue weighted by Crippen LogP contribution is 2.15. The second kappa shape index (κ2) is 6.49. The van der Waals surface area contributed by atoms with Crippen LogP contribution in [-0.2, 0) is 11.3 Å². The Balaban J connectivity index is 2.06. The molecule has 21 heavy (non-hydrogen) atoms. The third kappa shape index (κ3) is 3.46. The summed E-state index contributed by atoms with van der Waals surface area (Å²) in [6.45, 7) is 5.40. The van der Waals surface area contributed by atoms with Crippen LogP contribution in [0.1, 0.15) is 41.6 Å². The number of carbonyl (C=O) groups excluding carboxylic acids is 1. The van der Waals surface area contributed by atoms with Crippen molar-refractivity contribution < 1.29 is 14.6 Å². The van der Waals surface area contributed by atoms with E-state index in [4.69, 9.17) is 4.74 Å². The van der Waals surface area contributed by atoms with E-state index in [0.717, 1.165) is 5.56 Å². The summed E-state index contributed by atoms with van der Waals surface area (Å²) < 4.78 is 6.76. The molecular weight excluding hydrogens is 270 g/mol. The second-order valence-electron chi connectivity index (χ2n) is 5.01. The Hall–Kier alpha value is -2.21. The maximum absolute atomic E-state index is 12.0. The third-order valence-electron chi connectivity index (χ3n) is 3.42. The fourth-order valence-corrected chi connectivity index (χ4v) is 1.91. The summed E-state index contributed by atoms with van der Waals surface area (Å²) in [6, 6.07) is 9.18. The van der Waals surface area contributed by atoms with Gasteiger partial charge in [0.2, 0.25) is 0 Å². The number of rotatable bonds is 5. The predicted molar refractivity (Wildman–Crippen MR) is 76.7 cm³/mol. The van der Waals surface area contributed by atoms with Gasteiger partial charge in [0.25, 0.3) is 0 Å². The molecule has 6 nitrogen and oxygen atoms in total. The van der Waals surface area contributed by atoms with Gasteiger partial charge in [-0.05, 0) is 26.3 Å². The second-order valence-corrected chi connectivity index (χ2v) is 5.01. The zero-order valence-electron chi connectivity index (χ0n) is 12.4. The fraction of sp³-hybridized carbons (Fsp3) is 0.400. The maximum atomic E-state index is 12.0. The molecule has 0 fully saturated rings. The maximum Gasteiger partial charge on any atom is 0.361 e. The van der Waals surface area contributed by atoms with Gasteiger partial charge in [-0.15, -0.1) is 5.10 Å². The van der Waals surface area contributed by atoms with E-state index in [2.05, 4.69) is 10.3 Å². The Morgan fingerprint density at radius 2 is 2.00 bits per heavy atom. The lowest BCUT2D eigenvalue weighted by atomic mass is 10.2. The molecular formula is C15H19N3O3. The number of hydrogen-bond acceptors (Lipinski definition) is 5. The van der Waals surface area contributed by atoms with Crippen molar-refractivity contribution in [3.05, 3.63) is 47.3 Å². The van der Waals surface area contributed by atoms with Crippen LogP contribution < -0.4 is 0 Å². The topological polar surface area (TPSA) is 77.2 Å². The zero-order valence-corrected chi connectivity index (χ0v) is 12.4. The first-order valence-electron chi connectivity index (χ1n) is 6.81. The molecule has 2 atom stereocenters. The molecule has 6 heteroatoms. The minimum atomic E-state index is -0.585. The molecule has 0 saturated heterocycles. The molecule has 112 valence electrons. The van der Waals surface area contributed by atoms with Crippen molar-refractivity contribution in [3.63, 3.8) is 0 Å². The molecule has 2 rings (SSSR count). The minimum Gasteiger partial charge on any atom is -0.456 e. The first-order valence-corrected chi connectivity index (χ1v) is 6.81. The lowest BCUT2D eigenvalue weighted by Crippen LogP contribution is -2.20. The van der Waals surface area contributed by atoms with Crippen LogP contribution in [0.3, 0.4) is 0 Å². The van der Waals surface area contributed by atoms with Gasteiger partial charge in [0.05, 0.1) is 17.8 Å². The SMILES string of the molecule is Cc1c(C(=O)OCc2ccccc2)nnn1C(C)C(C)O. The minimum absolute atomic E-state index is 0.179. The van der Waals surface area contributed by atoms with Crippen molar-refractivity contribution in [3.8, 4) is 0 Å². The first-order chi connectivity index (χ1) is 10.0. The van der Waals surface area contributed by atoms with Crippen molar-refractivity contribution in [2.45, 2.75) is 39.5 Å². The van der Waals surface area contributed by atoms with Gasteiger partial charge in [-0.3, -0.25) is 0 Å². The summed E-state index contributed by atoms with van der Waals surface area (Å²) in [7, 11) is 0. The predicted octanol–water partition coefficient (Wildman–Crippen LogP) is 1.89. The van der Waals surface area contributed by atoms with Crippen molar-refractivity contribution in [2.24, 2.45) is 0 Å². The molecule has 0 amide bonds. The largest absolute Gasteiger partial charge is 0.456 e. The highest BCUT2D eigenvalue weighted by atomic mass is 16.5. The monoisotopic (exact) mass is 289 g/mol. The number of aliphatic hydroxyl groups excluding tert-OH is 1. The summed E-state index contributed by atoms with van der Waals surface area (Å²) in [4.78, 5) is 12.0. The number of nitrogens with zero attached hydrogens (tertiary/aromatic N) is 3. The molecule has 1 aromatic carbocycles. The van der Waals surface area contributed by atoms with E-state index in [1.807, 2.05) is 37.3 Å². The lowest BCUT2D eigenvalue weighted by Gasteiger charge is -2.15. The third-order valence-corrected chi connectivity index (χ3v) is 3.42. The van der Waals surface area contributed by atoms with E-state index in [-0.39, 0.29) is 18.3 Å². The van der Waals surface area contributed by atoms with E-state index in [0.29, 0.717) is 5.69 Å². The van der Waals surface area contributed by atoms with Crippen LogP contribution in [0.25, 0.3) is 0 Å². The lowest BCUT2D eigenvalue weighted by molar-refractivity contribution is 0.0464. The van der Waals surface area contributed by atoms with Gasteiger partial charge in [-0.2, -0.15) is 0 Å². The number of aromatic nitrogens is 3. The van der Waals surface area contributed by atoms with Gasteiger partial charge in [0.1, 0.15) is 6.61 Å². The number of ether oxygens (including phenoxy) is 1. The van der Waals surface area contributed by atoms with E-state index >= 15 is 0 Å². The van der Waals surface area contributed by atoms with Crippen LogP contribution in [0.4, 0.5) is 0 Å². The zero-order chi connectivity index (χ0) is 15.4. The number of esters is 1. The molecule has 0 bridgehead atoms. The van der Waals surface area contributed by atoms with E-state index < -0.39 is 12.1 Å². The van der Waals surface area contributed by atoms with Gasteiger partial charge < -0.3 is 9.84 Å². The Bertz CT molecular complexity index is 608. The quantitative estimate of drug-likeness (QED) is 0.850. The molecule has 1 heterocycles. The molecule has 2 unspecified atom stereocenters. The highest BCUT2D eigenvalue weighted by molar-refractivity contribution is 5.88. The van der Waals surface area contributed by atoms with E-state index in [9.17, 15) is 9.90 Å². The van der Waals surface area contributed by atoms with Crippen LogP contribution in [0.2, 0.25) is 0 Å². The highest BCUT2D eigenvalue weighted by Gasteiger charge is 2.22. The van der Waals surface area contributed by atoms with Gasteiger partial charge >= 0.3 is 5.97 Å². The van der Waals surface area contributed by atoms with Crippen molar-refractivity contribution in [1.29, 1.82) is 0 Å². The number of benzene rings is 1. The summed E-state index contributed by atoms with van der Waals surface area (Å²) in [6.07, 6.45) is -0.585. The Morgan fingerprint density at radius 3 is 2.62 bits per heavy atom. The Morgan fingerprint density at radius 1 is 1.33 bits per heavy atom. The van der Waals surface area contributed by atoms with Crippen molar-refractivity contribution in [2.75, 3.05) is 0 Å². The molecule has 0 aliphatic heterocycles. The summed E-state index contributed by atoms with van der Waals surface area (Å²) in [5.74, 6) is -0.514. The Labute approximate surface area is 123 Å². The molecule has 0 radical (unpaired) electrons. The standard InChI is InChI=1S/C15H19N3O3/c1-10(12(3)19)18-11(2)14(16-17-18)15(20)21-9-13-7-5-4-6-8-13/h4-8,10,12,19H,9H2,1-3H3. The van der Waals surface area contributed by atoms with Gasteiger partial charge in [-0.1, -0.05) is 35.5 Å². The first kappa shape index (κ1) is 15.2. The van der Waals surface area contributed by atoms with Gasteiger partial charge in [-0.25, -0.2) is 9.48 Å². The molecule has 1 N–H and O–H groups in total. The van der Waals surface area contributed by atoms with Crippen molar-refractivity contribution in [1.82, 2.24) is 15.0 Å². The summed E-state index contributed by atoms with van der Waals surface area (Å²) >= 11 is 0. The average molecular weight is 289 g/mol. The Kier molecular flexibility index (Phi) is 4.70. The summed E-state index contributed by atoms with van der Waals surface area (Å²) in [5, 5.41) is 17.4. The number of carbonyl (C=O) groups is 1. The summed E-state index contributed by atoms with van der Waals surface area (Å²) in [5.41, 5.74) is 1.67. The van der Waals surface area contributed by atoms with Gasteiger partial charge in [0, 0.05) is 0 Å². The number of hydrogen-bond donors (Lipinski definition) is 1. The molecule has 0 spiro atoms. The molecule has 0 aliphatic rings. The molecule has 1 aromatic heterocycles. The van der Waals surface area contributed by atoms with Crippen LogP contribution in [-0.4, -0.2) is 32.2 Å². The molecule has 2 aromatic rings. The van der Waals surface area contributed by atoms with Crippen LogP contribution in [0.5, 0.6) is 0 Å². The van der Waals surface area contributed by atoms with Crippen molar-refractivity contribution >= 4 is 5.97 Å². The van der Waals surface area contributed by atoms with E-state index in [1.54, 1.807) is 13.8 Å². The van der Waals surface area contributed by atoms with Crippen LogP contribution in [0, 0.1) is 6.92 Å². The molecule has 0 saturated carbocycles.